The van der Waals surface area contributed by atoms with Crippen LogP contribution in [0.4, 0.5) is 0 Å². The monoisotopic (exact) mass is 464 g/mol. The molecule has 2 heteroatoms. The van der Waals surface area contributed by atoms with E-state index < -0.39 is 6.95 Å². The standard InChI is InChI=1S/C30H42P2/c1-28(2,3)32(26-10-6-4-7-11-26,27-12-8-5-9-13-27)31(29-18-14-24(22-29)15-19-29)30-20-16-25(23-30)17-21-30/h4-13,24-25,32H,14-23H2,1-3H3. The zero-order chi connectivity index (χ0) is 22.0. The molecule has 172 valence electrons. The summed E-state index contributed by atoms with van der Waals surface area (Å²) in [5.74, 6) is 2.07. The molecule has 0 atom stereocenters. The predicted octanol–water partition coefficient (Wildman–Crippen LogP) is 8.25. The zero-order valence-electron chi connectivity index (χ0n) is 20.4. The van der Waals surface area contributed by atoms with E-state index in [9.17, 15) is 0 Å². The molecule has 0 aromatic heterocycles. The van der Waals surface area contributed by atoms with Crippen molar-refractivity contribution in [1.82, 2.24) is 0 Å². The molecule has 0 aliphatic heterocycles. The molecule has 0 nitrogen and oxygen atoms in total. The van der Waals surface area contributed by atoms with Crippen molar-refractivity contribution in [2.24, 2.45) is 11.8 Å². The first kappa shape index (κ1) is 21.8. The van der Waals surface area contributed by atoms with Gasteiger partial charge in [-0.05, 0) is 0 Å². The SMILES string of the molecule is CC(C)(C)[PH](c1ccccc1)(c1ccccc1)P(C12CCC(CC1)C2)C12CCC(CC1)C2. The Kier molecular flexibility index (Phi) is 5.22. The van der Waals surface area contributed by atoms with Gasteiger partial charge in [-0.2, -0.15) is 0 Å². The number of fused-ring (bicyclic) bond motifs is 4. The Morgan fingerprint density at radius 3 is 1.31 bits per heavy atom. The van der Waals surface area contributed by atoms with Gasteiger partial charge in [0.2, 0.25) is 0 Å². The van der Waals surface area contributed by atoms with Gasteiger partial charge < -0.3 is 0 Å². The number of hydrogen-bond donors (Lipinski definition) is 0. The molecule has 0 spiro atoms. The first-order chi connectivity index (χ1) is 15.4. The van der Waals surface area contributed by atoms with Gasteiger partial charge >= 0.3 is 198 Å². The number of hydrogen-bond acceptors (Lipinski definition) is 0. The summed E-state index contributed by atoms with van der Waals surface area (Å²) in [6.07, 6.45) is 15.4. The van der Waals surface area contributed by atoms with Crippen LogP contribution in [-0.4, -0.2) is 15.5 Å². The molecule has 6 rings (SSSR count). The third-order valence-corrected chi connectivity index (χ3v) is 26.9. The van der Waals surface area contributed by atoms with E-state index in [1.807, 2.05) is 0 Å². The summed E-state index contributed by atoms with van der Waals surface area (Å²) in [4.78, 5) is 0. The first-order valence-corrected chi connectivity index (χ1v) is 17.5. The van der Waals surface area contributed by atoms with E-state index in [4.69, 9.17) is 0 Å². The second-order valence-electron chi connectivity index (χ2n) is 12.8. The van der Waals surface area contributed by atoms with Crippen LogP contribution in [0.3, 0.4) is 0 Å². The normalized spacial score (nSPS) is 35.3. The molecule has 0 saturated heterocycles. The van der Waals surface area contributed by atoms with Crippen molar-refractivity contribution >= 4 is 25.2 Å². The van der Waals surface area contributed by atoms with Crippen molar-refractivity contribution in [2.45, 2.75) is 100 Å². The second kappa shape index (κ2) is 7.65. The Hall–Kier alpha value is -0.700. The topological polar surface area (TPSA) is 0 Å². The molecule has 4 fully saturated rings. The third kappa shape index (κ3) is 3.01. The van der Waals surface area contributed by atoms with Crippen LogP contribution in [0.2, 0.25) is 0 Å². The van der Waals surface area contributed by atoms with E-state index >= 15 is 0 Å². The van der Waals surface area contributed by atoms with Gasteiger partial charge in [-0.25, -0.2) is 0 Å². The molecule has 4 saturated carbocycles. The molecule has 0 radical (unpaired) electrons. The van der Waals surface area contributed by atoms with Crippen LogP contribution in [0, 0.1) is 11.8 Å². The summed E-state index contributed by atoms with van der Waals surface area (Å²) in [6, 6.07) is 24.2. The van der Waals surface area contributed by atoms with Crippen LogP contribution in [0.1, 0.15) is 85.0 Å². The van der Waals surface area contributed by atoms with Crippen molar-refractivity contribution in [3.8, 4) is 0 Å². The molecule has 0 amide bonds. The summed E-state index contributed by atoms with van der Waals surface area (Å²) in [5, 5.41) is 5.12. The third-order valence-electron chi connectivity index (χ3n) is 10.2. The fourth-order valence-electron chi connectivity index (χ4n) is 9.15. The van der Waals surface area contributed by atoms with Crippen LogP contribution in [0.15, 0.2) is 60.7 Å². The Morgan fingerprint density at radius 1 is 0.656 bits per heavy atom. The predicted molar refractivity (Wildman–Crippen MR) is 146 cm³/mol. The zero-order valence-corrected chi connectivity index (χ0v) is 22.3. The Balaban J connectivity index is 1.68. The summed E-state index contributed by atoms with van der Waals surface area (Å²) in [6.45, 7) is 5.85. The van der Waals surface area contributed by atoms with Crippen LogP contribution < -0.4 is 10.6 Å². The van der Waals surface area contributed by atoms with Gasteiger partial charge in [-0.3, -0.25) is 0 Å². The molecule has 32 heavy (non-hydrogen) atoms. The summed E-state index contributed by atoms with van der Waals surface area (Å²) >= 11 is 0. The molecular formula is C30H42P2. The molecule has 2 aromatic carbocycles. The summed E-state index contributed by atoms with van der Waals surface area (Å²) in [7, 11) is -0.0977. The quantitative estimate of drug-likeness (QED) is 0.391. The van der Waals surface area contributed by atoms with E-state index in [0.29, 0.717) is 15.5 Å². The van der Waals surface area contributed by atoms with Gasteiger partial charge in [0.25, 0.3) is 0 Å². The van der Waals surface area contributed by atoms with E-state index in [1.165, 1.54) is 25.7 Å². The van der Waals surface area contributed by atoms with Crippen molar-refractivity contribution < 1.29 is 0 Å². The summed E-state index contributed by atoms with van der Waals surface area (Å²) in [5.41, 5.74) is 0. The van der Waals surface area contributed by atoms with Gasteiger partial charge in [0.05, 0.1) is 0 Å². The van der Waals surface area contributed by atoms with Crippen LogP contribution >= 0.6 is 14.6 Å². The Morgan fingerprint density at radius 2 is 1.03 bits per heavy atom. The maximum atomic E-state index is 2.64. The molecule has 0 N–H and O–H groups in total. The number of rotatable bonds is 5. The minimum absolute atomic E-state index is 0.0977. The molecule has 4 bridgehead atoms. The van der Waals surface area contributed by atoms with Crippen molar-refractivity contribution in [3.05, 3.63) is 60.7 Å². The van der Waals surface area contributed by atoms with Crippen LogP contribution in [0.25, 0.3) is 0 Å². The fraction of sp³-hybridized carbons (Fsp3) is 0.600. The van der Waals surface area contributed by atoms with E-state index in [1.54, 1.807) is 49.1 Å². The van der Waals surface area contributed by atoms with Gasteiger partial charge in [0, 0.05) is 0 Å². The van der Waals surface area contributed by atoms with Gasteiger partial charge in [0.15, 0.2) is 0 Å². The molecule has 4 aliphatic carbocycles. The van der Waals surface area contributed by atoms with E-state index in [2.05, 4.69) is 81.4 Å². The van der Waals surface area contributed by atoms with Crippen LogP contribution in [0.5, 0.6) is 0 Å². The molecule has 0 heterocycles. The number of benzene rings is 2. The van der Waals surface area contributed by atoms with Gasteiger partial charge in [-0.1, -0.05) is 0 Å². The molecular weight excluding hydrogens is 422 g/mol. The van der Waals surface area contributed by atoms with Crippen molar-refractivity contribution in [1.29, 1.82) is 0 Å². The van der Waals surface area contributed by atoms with E-state index in [0.717, 1.165) is 11.8 Å². The Bertz CT molecular complexity index is 872. The fourth-order valence-corrected chi connectivity index (χ4v) is 29.1. The Labute approximate surface area is 198 Å². The molecule has 2 aromatic rings. The molecule has 0 unspecified atom stereocenters. The van der Waals surface area contributed by atoms with E-state index in [-0.39, 0.29) is 7.61 Å². The maximum absolute atomic E-state index is 2.64. The van der Waals surface area contributed by atoms with Crippen LogP contribution in [-0.2, 0) is 0 Å². The van der Waals surface area contributed by atoms with Gasteiger partial charge in [-0.15, -0.1) is 0 Å². The van der Waals surface area contributed by atoms with Crippen molar-refractivity contribution in [3.63, 3.8) is 0 Å². The minimum atomic E-state index is -2.08. The summed E-state index contributed by atoms with van der Waals surface area (Å²) < 4.78 is 0. The second-order valence-corrected chi connectivity index (χ2v) is 22.8. The first-order valence-electron chi connectivity index (χ1n) is 13.3. The average Bonchev–Trinajstić information content (AvgIpc) is 3.59. The average molecular weight is 465 g/mol. The van der Waals surface area contributed by atoms with Gasteiger partial charge in [0.1, 0.15) is 0 Å². The van der Waals surface area contributed by atoms with Crippen molar-refractivity contribution in [2.75, 3.05) is 0 Å². The molecule has 4 aliphatic rings.